The summed E-state index contributed by atoms with van der Waals surface area (Å²) in [5.41, 5.74) is 6.94. The van der Waals surface area contributed by atoms with Crippen LogP contribution in [0.4, 0.5) is 0 Å². The third-order valence-electron chi connectivity index (χ3n) is 7.48. The van der Waals surface area contributed by atoms with Gasteiger partial charge in [-0.25, -0.2) is 0 Å². The third-order valence-corrected chi connectivity index (χ3v) is 7.48. The molecule has 5 rings (SSSR count). The quantitative estimate of drug-likeness (QED) is 0.766. The SMILES string of the molecule is CC1(C)C[C@@H]1C(=O)N1CC2(CN(C(=O)c3cnn(Cc4ccccc4)c3)CC2C(N)=O)C1. The number of hydrogen-bond acceptors (Lipinski definition) is 4. The first-order valence-electron chi connectivity index (χ1n) is 11.1. The zero-order chi connectivity index (χ0) is 22.7. The van der Waals surface area contributed by atoms with E-state index in [0.717, 1.165) is 12.0 Å². The minimum atomic E-state index is -0.443. The van der Waals surface area contributed by atoms with Crippen molar-refractivity contribution in [2.75, 3.05) is 26.2 Å². The average Bonchev–Trinajstić information content (AvgIpc) is 3.10. The van der Waals surface area contributed by atoms with E-state index < -0.39 is 17.2 Å². The number of likely N-dealkylation sites (tertiary alicyclic amines) is 2. The summed E-state index contributed by atoms with van der Waals surface area (Å²) in [6.07, 6.45) is 4.22. The Morgan fingerprint density at radius 2 is 1.72 bits per heavy atom. The van der Waals surface area contributed by atoms with Crippen molar-refractivity contribution >= 4 is 17.7 Å². The van der Waals surface area contributed by atoms with Crippen LogP contribution < -0.4 is 5.73 Å². The Morgan fingerprint density at radius 1 is 1.06 bits per heavy atom. The predicted molar refractivity (Wildman–Crippen MR) is 117 cm³/mol. The molecule has 2 saturated heterocycles. The fourth-order valence-corrected chi connectivity index (χ4v) is 5.33. The van der Waals surface area contributed by atoms with E-state index in [4.69, 9.17) is 5.73 Å². The van der Waals surface area contributed by atoms with Crippen LogP contribution in [0.15, 0.2) is 42.7 Å². The molecule has 2 N–H and O–H groups in total. The van der Waals surface area contributed by atoms with Gasteiger partial charge in [-0.05, 0) is 17.4 Å². The summed E-state index contributed by atoms with van der Waals surface area (Å²) in [6.45, 7) is 6.48. The lowest BCUT2D eigenvalue weighted by Crippen LogP contribution is -2.64. The van der Waals surface area contributed by atoms with Gasteiger partial charge in [-0.1, -0.05) is 44.2 Å². The number of aromatic nitrogens is 2. The average molecular weight is 436 g/mol. The van der Waals surface area contributed by atoms with Gasteiger partial charge in [0.25, 0.3) is 5.91 Å². The number of hydrogen-bond donors (Lipinski definition) is 1. The van der Waals surface area contributed by atoms with Crippen LogP contribution >= 0.6 is 0 Å². The van der Waals surface area contributed by atoms with Gasteiger partial charge in [-0.2, -0.15) is 5.10 Å². The van der Waals surface area contributed by atoms with Crippen molar-refractivity contribution in [3.8, 4) is 0 Å². The lowest BCUT2D eigenvalue weighted by molar-refractivity contribution is -0.150. The minimum absolute atomic E-state index is 0.0699. The third kappa shape index (κ3) is 3.47. The molecular weight excluding hydrogens is 406 g/mol. The van der Waals surface area contributed by atoms with Crippen LogP contribution in [0.5, 0.6) is 0 Å². The number of primary amides is 1. The summed E-state index contributed by atoms with van der Waals surface area (Å²) in [6, 6.07) is 9.92. The molecule has 168 valence electrons. The van der Waals surface area contributed by atoms with Crippen molar-refractivity contribution in [3.05, 3.63) is 53.9 Å². The standard InChI is InChI=1S/C24H29N5O3/c1-23(2)8-18(23)22(32)28-14-24(15-28)13-27(12-19(24)20(25)30)21(31)17-9-26-29(11-17)10-16-6-4-3-5-7-16/h3-7,9,11,18-19H,8,10,12-15H2,1-2H3,(H2,25,30)/t18-,19?/m1/s1. The van der Waals surface area contributed by atoms with Crippen LogP contribution in [0.1, 0.15) is 36.2 Å². The largest absolute Gasteiger partial charge is 0.369 e. The first-order chi connectivity index (χ1) is 15.2. The number of rotatable bonds is 5. The molecule has 2 aromatic rings. The van der Waals surface area contributed by atoms with Gasteiger partial charge in [0.2, 0.25) is 11.8 Å². The Kier molecular flexibility index (Phi) is 4.65. The van der Waals surface area contributed by atoms with Crippen LogP contribution in [0.2, 0.25) is 0 Å². The van der Waals surface area contributed by atoms with Crippen molar-refractivity contribution in [3.63, 3.8) is 0 Å². The smallest absolute Gasteiger partial charge is 0.257 e. The highest BCUT2D eigenvalue weighted by atomic mass is 16.2. The van der Waals surface area contributed by atoms with Crippen molar-refractivity contribution in [2.45, 2.75) is 26.8 Å². The van der Waals surface area contributed by atoms with Crippen LogP contribution in [0.3, 0.4) is 0 Å². The van der Waals surface area contributed by atoms with Gasteiger partial charge in [0, 0.05) is 43.7 Å². The van der Waals surface area contributed by atoms with E-state index in [1.807, 2.05) is 35.2 Å². The van der Waals surface area contributed by atoms with E-state index in [9.17, 15) is 14.4 Å². The van der Waals surface area contributed by atoms with E-state index in [1.165, 1.54) is 0 Å². The number of amides is 3. The van der Waals surface area contributed by atoms with Crippen LogP contribution in [0, 0.1) is 22.7 Å². The molecule has 2 atom stereocenters. The summed E-state index contributed by atoms with van der Waals surface area (Å²) < 4.78 is 1.74. The molecule has 0 bridgehead atoms. The number of nitrogens with two attached hydrogens (primary N) is 1. The molecule has 1 spiro atoms. The molecule has 0 radical (unpaired) electrons. The van der Waals surface area contributed by atoms with Gasteiger partial charge < -0.3 is 15.5 Å². The molecule has 1 aliphatic carbocycles. The Labute approximate surface area is 187 Å². The van der Waals surface area contributed by atoms with Gasteiger partial charge in [0.15, 0.2) is 0 Å². The Bertz CT molecular complexity index is 1070. The van der Waals surface area contributed by atoms with Gasteiger partial charge in [0.05, 0.1) is 24.2 Å². The number of nitrogens with zero attached hydrogens (tertiary/aromatic N) is 4. The second kappa shape index (κ2) is 7.18. The Hall–Kier alpha value is -3.16. The summed E-state index contributed by atoms with van der Waals surface area (Å²) in [5, 5.41) is 4.33. The minimum Gasteiger partial charge on any atom is -0.369 e. The maximum Gasteiger partial charge on any atom is 0.257 e. The van der Waals surface area contributed by atoms with Crippen molar-refractivity contribution in [1.29, 1.82) is 0 Å². The normalized spacial score (nSPS) is 24.9. The van der Waals surface area contributed by atoms with Crippen molar-refractivity contribution in [1.82, 2.24) is 19.6 Å². The molecule has 1 unspecified atom stereocenters. The molecule has 8 nitrogen and oxygen atoms in total. The molecular formula is C24H29N5O3. The summed E-state index contributed by atoms with van der Waals surface area (Å²) in [7, 11) is 0. The number of carbonyl (C=O) groups is 3. The maximum absolute atomic E-state index is 13.2. The van der Waals surface area contributed by atoms with E-state index in [-0.39, 0.29) is 29.7 Å². The zero-order valence-corrected chi connectivity index (χ0v) is 18.5. The number of benzene rings is 1. The molecule has 1 saturated carbocycles. The highest BCUT2D eigenvalue weighted by molar-refractivity contribution is 5.95. The topological polar surface area (TPSA) is 102 Å². The zero-order valence-electron chi connectivity index (χ0n) is 18.5. The molecule has 8 heteroatoms. The second-order valence-electron chi connectivity index (χ2n) is 10.4. The first-order valence-corrected chi connectivity index (χ1v) is 11.1. The van der Waals surface area contributed by atoms with E-state index >= 15 is 0 Å². The fraction of sp³-hybridized carbons (Fsp3) is 0.500. The van der Waals surface area contributed by atoms with Crippen molar-refractivity contribution in [2.24, 2.45) is 28.4 Å². The summed E-state index contributed by atoms with van der Waals surface area (Å²) in [5.74, 6) is -0.765. The predicted octanol–water partition coefficient (Wildman–Crippen LogP) is 1.36. The Morgan fingerprint density at radius 3 is 2.34 bits per heavy atom. The van der Waals surface area contributed by atoms with Gasteiger partial charge >= 0.3 is 0 Å². The molecule has 1 aromatic heterocycles. The molecule has 2 aliphatic heterocycles. The maximum atomic E-state index is 13.2. The molecule has 3 heterocycles. The van der Waals surface area contributed by atoms with E-state index in [0.29, 0.717) is 31.7 Å². The lowest BCUT2D eigenvalue weighted by Gasteiger charge is -2.50. The lowest BCUT2D eigenvalue weighted by atomic mass is 9.71. The first kappa shape index (κ1) is 20.7. The van der Waals surface area contributed by atoms with Gasteiger partial charge in [-0.15, -0.1) is 0 Å². The molecule has 3 amide bonds. The molecule has 1 aromatic carbocycles. The summed E-state index contributed by atoms with van der Waals surface area (Å²) >= 11 is 0. The summed E-state index contributed by atoms with van der Waals surface area (Å²) in [4.78, 5) is 41.6. The highest BCUT2D eigenvalue weighted by Crippen LogP contribution is 2.54. The fourth-order valence-electron chi connectivity index (χ4n) is 5.33. The van der Waals surface area contributed by atoms with Crippen LogP contribution in [0.25, 0.3) is 0 Å². The van der Waals surface area contributed by atoms with E-state index in [2.05, 4.69) is 18.9 Å². The highest BCUT2D eigenvalue weighted by Gasteiger charge is 2.61. The Balaban J connectivity index is 1.26. The van der Waals surface area contributed by atoms with Crippen molar-refractivity contribution < 1.29 is 14.4 Å². The van der Waals surface area contributed by atoms with Gasteiger partial charge in [0.1, 0.15) is 0 Å². The second-order valence-corrected chi connectivity index (χ2v) is 10.4. The van der Waals surface area contributed by atoms with Crippen LogP contribution in [-0.4, -0.2) is 63.5 Å². The van der Waals surface area contributed by atoms with E-state index in [1.54, 1.807) is 22.0 Å². The molecule has 32 heavy (non-hydrogen) atoms. The van der Waals surface area contributed by atoms with Gasteiger partial charge in [-0.3, -0.25) is 19.1 Å². The number of carbonyl (C=O) groups excluding carboxylic acids is 3. The molecule has 3 fully saturated rings. The monoisotopic (exact) mass is 435 g/mol. The molecule has 3 aliphatic rings. The van der Waals surface area contributed by atoms with Crippen LogP contribution in [-0.2, 0) is 16.1 Å².